The molecule has 3 N–H and O–H groups in total. The number of aliphatic carboxylic acids is 1. The van der Waals surface area contributed by atoms with E-state index in [0.29, 0.717) is 12.2 Å². The summed E-state index contributed by atoms with van der Waals surface area (Å²) in [5, 5.41) is 17.3. The number of hydrogen-bond acceptors (Lipinski definition) is 5. The second-order valence-electron chi connectivity index (χ2n) is 4.35. The quantitative estimate of drug-likeness (QED) is 0.635. The number of aromatic nitrogens is 3. The van der Waals surface area contributed by atoms with Crippen LogP contribution in [0.5, 0.6) is 0 Å². The van der Waals surface area contributed by atoms with E-state index in [9.17, 15) is 14.4 Å². The van der Waals surface area contributed by atoms with Gasteiger partial charge in [-0.25, -0.2) is 14.6 Å². The van der Waals surface area contributed by atoms with Gasteiger partial charge in [-0.2, -0.15) is 5.10 Å². The van der Waals surface area contributed by atoms with Crippen molar-refractivity contribution in [3.63, 3.8) is 0 Å². The zero-order valence-electron chi connectivity index (χ0n) is 12.0. The first-order valence-corrected chi connectivity index (χ1v) is 6.15. The smallest absolute Gasteiger partial charge is 0.331 e. The minimum Gasteiger partial charge on any atom is -0.478 e. The summed E-state index contributed by atoms with van der Waals surface area (Å²) >= 11 is 0. The Kier molecular flexibility index (Phi) is 5.58. The van der Waals surface area contributed by atoms with E-state index in [1.807, 2.05) is 0 Å². The largest absolute Gasteiger partial charge is 0.478 e. The summed E-state index contributed by atoms with van der Waals surface area (Å²) in [6, 6.07) is -0.700. The van der Waals surface area contributed by atoms with Gasteiger partial charge in [0.25, 0.3) is 5.91 Å². The zero-order valence-corrected chi connectivity index (χ0v) is 12.0. The number of amides is 3. The van der Waals surface area contributed by atoms with Gasteiger partial charge in [-0.15, -0.1) is 0 Å². The Balaban J connectivity index is 2.41. The third-order valence-corrected chi connectivity index (χ3v) is 2.73. The Morgan fingerprint density at radius 1 is 1.29 bits per heavy atom. The van der Waals surface area contributed by atoms with Crippen LogP contribution in [-0.4, -0.2) is 44.3 Å². The van der Waals surface area contributed by atoms with Crippen molar-refractivity contribution in [2.75, 3.05) is 6.54 Å². The molecule has 0 unspecified atom stereocenters. The average molecular weight is 295 g/mol. The number of carboxylic acids is 1. The van der Waals surface area contributed by atoms with Gasteiger partial charge in [0.2, 0.25) is 0 Å². The molecule has 0 atom stereocenters. The van der Waals surface area contributed by atoms with Crippen LogP contribution in [0.25, 0.3) is 0 Å². The van der Waals surface area contributed by atoms with Crippen molar-refractivity contribution >= 4 is 17.9 Å². The maximum atomic E-state index is 11.6. The standard InChI is InChI=1S/C12H17N5O4/c1-7(8(2)11(19)20)10(18)15-12(21)13-5-4-9-14-6-17(3)16-9/h6H,4-5H2,1-3H3,(H,19,20)(H2,13,15,18,21). The summed E-state index contributed by atoms with van der Waals surface area (Å²) in [6.45, 7) is 2.88. The molecule has 0 fully saturated rings. The van der Waals surface area contributed by atoms with Gasteiger partial charge in [-0.05, 0) is 13.8 Å². The van der Waals surface area contributed by atoms with Crippen LogP contribution in [0.15, 0.2) is 17.5 Å². The molecular formula is C12H17N5O4. The second-order valence-corrected chi connectivity index (χ2v) is 4.35. The van der Waals surface area contributed by atoms with Crippen LogP contribution < -0.4 is 10.6 Å². The highest BCUT2D eigenvalue weighted by atomic mass is 16.4. The number of carboxylic acid groups (broad SMARTS) is 1. The normalized spacial score (nSPS) is 11.6. The number of carbonyl (C=O) groups is 3. The average Bonchev–Trinajstić information content (AvgIpc) is 2.82. The van der Waals surface area contributed by atoms with Gasteiger partial charge >= 0.3 is 12.0 Å². The molecule has 1 aromatic heterocycles. The first-order valence-electron chi connectivity index (χ1n) is 6.15. The van der Waals surface area contributed by atoms with Gasteiger partial charge < -0.3 is 10.4 Å². The van der Waals surface area contributed by atoms with Crippen LogP contribution in [0.1, 0.15) is 19.7 Å². The van der Waals surface area contributed by atoms with Gasteiger partial charge in [0, 0.05) is 31.2 Å². The topological polar surface area (TPSA) is 126 Å². The summed E-state index contributed by atoms with van der Waals surface area (Å²) in [6.07, 6.45) is 1.97. The zero-order chi connectivity index (χ0) is 16.0. The van der Waals surface area contributed by atoms with E-state index < -0.39 is 17.9 Å². The first kappa shape index (κ1) is 16.3. The number of rotatable bonds is 5. The van der Waals surface area contributed by atoms with Crippen LogP contribution in [0.4, 0.5) is 4.79 Å². The lowest BCUT2D eigenvalue weighted by Crippen LogP contribution is -2.41. The van der Waals surface area contributed by atoms with Crippen molar-refractivity contribution in [3.05, 3.63) is 23.3 Å². The van der Waals surface area contributed by atoms with Crippen LogP contribution >= 0.6 is 0 Å². The molecule has 0 saturated carbocycles. The maximum Gasteiger partial charge on any atom is 0.331 e. The molecule has 1 rings (SSSR count). The Labute approximate surface area is 121 Å². The summed E-state index contributed by atoms with van der Waals surface area (Å²) in [5.41, 5.74) is -0.137. The Morgan fingerprint density at radius 3 is 2.48 bits per heavy atom. The first-order chi connectivity index (χ1) is 9.81. The predicted octanol–water partition coefficient (Wildman–Crippen LogP) is -0.396. The van der Waals surface area contributed by atoms with Crippen molar-refractivity contribution in [1.29, 1.82) is 0 Å². The molecule has 0 bridgehead atoms. The van der Waals surface area contributed by atoms with Gasteiger partial charge in [0.15, 0.2) is 5.82 Å². The monoisotopic (exact) mass is 295 g/mol. The van der Waals surface area contributed by atoms with E-state index in [2.05, 4.69) is 20.7 Å². The molecule has 21 heavy (non-hydrogen) atoms. The third-order valence-electron chi connectivity index (χ3n) is 2.73. The van der Waals surface area contributed by atoms with E-state index in [1.165, 1.54) is 13.8 Å². The van der Waals surface area contributed by atoms with Crippen molar-refractivity contribution in [3.8, 4) is 0 Å². The fourth-order valence-electron chi connectivity index (χ4n) is 1.36. The number of urea groups is 1. The number of nitrogens with one attached hydrogen (secondary N) is 2. The van der Waals surface area contributed by atoms with Crippen LogP contribution in [0, 0.1) is 0 Å². The molecule has 0 aliphatic carbocycles. The lowest BCUT2D eigenvalue weighted by atomic mass is 10.1. The molecule has 0 aliphatic heterocycles. The summed E-state index contributed by atoms with van der Waals surface area (Å²) in [4.78, 5) is 37.8. The lowest BCUT2D eigenvalue weighted by Gasteiger charge is -2.07. The molecule has 0 saturated heterocycles. The number of nitrogens with zero attached hydrogens (tertiary/aromatic N) is 3. The minimum atomic E-state index is -1.20. The van der Waals surface area contributed by atoms with Crippen molar-refractivity contribution in [1.82, 2.24) is 25.4 Å². The fourth-order valence-corrected chi connectivity index (χ4v) is 1.36. The molecule has 9 nitrogen and oxygen atoms in total. The molecule has 0 radical (unpaired) electrons. The highest BCUT2D eigenvalue weighted by Gasteiger charge is 2.14. The molecule has 0 aliphatic rings. The fraction of sp³-hybridized carbons (Fsp3) is 0.417. The highest BCUT2D eigenvalue weighted by molar-refractivity contribution is 6.07. The van der Waals surface area contributed by atoms with Gasteiger partial charge in [0.05, 0.1) is 0 Å². The van der Waals surface area contributed by atoms with E-state index in [1.54, 1.807) is 18.1 Å². The molecule has 114 valence electrons. The predicted molar refractivity (Wildman–Crippen MR) is 72.3 cm³/mol. The van der Waals surface area contributed by atoms with Crippen molar-refractivity contribution in [2.24, 2.45) is 7.05 Å². The van der Waals surface area contributed by atoms with Crippen LogP contribution in [0.3, 0.4) is 0 Å². The number of imide groups is 1. The lowest BCUT2D eigenvalue weighted by molar-refractivity contribution is -0.133. The molecule has 0 aromatic carbocycles. The maximum absolute atomic E-state index is 11.6. The van der Waals surface area contributed by atoms with Gasteiger partial charge in [-0.1, -0.05) is 0 Å². The highest BCUT2D eigenvalue weighted by Crippen LogP contribution is 2.03. The van der Waals surface area contributed by atoms with Crippen LogP contribution in [0.2, 0.25) is 0 Å². The summed E-state index contributed by atoms with van der Waals surface area (Å²) in [7, 11) is 1.73. The van der Waals surface area contributed by atoms with E-state index >= 15 is 0 Å². The minimum absolute atomic E-state index is 0.0240. The van der Waals surface area contributed by atoms with Crippen molar-refractivity contribution < 1.29 is 19.5 Å². The van der Waals surface area contributed by atoms with E-state index in [4.69, 9.17) is 5.11 Å². The van der Waals surface area contributed by atoms with Gasteiger partial charge in [-0.3, -0.25) is 14.8 Å². The third kappa shape index (κ3) is 5.05. The number of hydrogen-bond donors (Lipinski definition) is 3. The second kappa shape index (κ2) is 7.17. The Morgan fingerprint density at radius 2 is 1.95 bits per heavy atom. The molecule has 3 amide bonds. The Bertz CT molecular complexity index is 590. The molecule has 9 heteroatoms. The number of aryl methyl sites for hydroxylation is 1. The summed E-state index contributed by atoms with van der Waals surface area (Å²) in [5.74, 6) is -1.38. The van der Waals surface area contributed by atoms with Gasteiger partial charge in [0.1, 0.15) is 6.33 Å². The SMILES string of the molecule is CC(C(=O)O)=C(C)C(=O)NC(=O)NCCc1ncn(C)n1. The van der Waals surface area contributed by atoms with E-state index in [0.717, 1.165) is 0 Å². The van der Waals surface area contributed by atoms with E-state index in [-0.39, 0.29) is 17.7 Å². The molecule has 1 aromatic rings. The van der Waals surface area contributed by atoms with Crippen LogP contribution in [-0.2, 0) is 23.1 Å². The van der Waals surface area contributed by atoms with Crippen molar-refractivity contribution in [2.45, 2.75) is 20.3 Å². The Hall–Kier alpha value is -2.71. The molecule has 0 spiro atoms. The number of carbonyl (C=O) groups excluding carboxylic acids is 2. The molecular weight excluding hydrogens is 278 g/mol. The summed E-state index contributed by atoms with van der Waals surface area (Å²) < 4.78 is 1.54. The molecule has 1 heterocycles.